The molecular weight excluding hydrogens is 346 g/mol. The topological polar surface area (TPSA) is 116 Å². The monoisotopic (exact) mass is 365 g/mol. The molecule has 1 heterocycles. The van der Waals surface area contributed by atoms with Crippen molar-refractivity contribution in [1.29, 1.82) is 0 Å². The highest BCUT2D eigenvalue weighted by molar-refractivity contribution is 7.89. The molecule has 1 fully saturated rings. The number of ether oxygens (including phenoxy) is 1. The molecule has 130 valence electrons. The zero-order chi connectivity index (χ0) is 16.5. The molecule has 0 radical (unpaired) electrons. The summed E-state index contributed by atoms with van der Waals surface area (Å²) in [7, 11) is -2.50. The lowest BCUT2D eigenvalue weighted by atomic mass is 10.1. The van der Waals surface area contributed by atoms with Gasteiger partial charge in [-0.2, -0.15) is 4.31 Å². The summed E-state index contributed by atoms with van der Waals surface area (Å²) < 4.78 is 31.7. The fraction of sp³-hybridized carbons (Fsp3) is 0.538. The van der Waals surface area contributed by atoms with Crippen molar-refractivity contribution in [3.05, 3.63) is 28.3 Å². The molecule has 2 unspecified atom stereocenters. The molecule has 8 nitrogen and oxygen atoms in total. The Morgan fingerprint density at radius 2 is 2.13 bits per heavy atom. The zero-order valence-electron chi connectivity index (χ0n) is 12.8. The maximum Gasteiger partial charge on any atom is 0.312 e. The number of sulfonamides is 1. The van der Waals surface area contributed by atoms with Gasteiger partial charge in [0.05, 0.1) is 16.9 Å². The van der Waals surface area contributed by atoms with Crippen LogP contribution in [0.5, 0.6) is 5.75 Å². The van der Waals surface area contributed by atoms with E-state index in [2.05, 4.69) is 0 Å². The van der Waals surface area contributed by atoms with Crippen LogP contribution in [0, 0.1) is 16.0 Å². The van der Waals surface area contributed by atoms with Crippen LogP contribution in [-0.4, -0.2) is 43.9 Å². The van der Waals surface area contributed by atoms with Crippen LogP contribution in [0.2, 0.25) is 0 Å². The number of halogens is 1. The van der Waals surface area contributed by atoms with Crippen LogP contribution in [0.1, 0.15) is 13.3 Å². The minimum absolute atomic E-state index is 0. The van der Waals surface area contributed by atoms with Crippen LogP contribution in [0.3, 0.4) is 0 Å². The Morgan fingerprint density at radius 1 is 1.48 bits per heavy atom. The zero-order valence-corrected chi connectivity index (χ0v) is 14.5. The molecule has 1 aromatic rings. The van der Waals surface area contributed by atoms with Crippen LogP contribution in [0.25, 0.3) is 0 Å². The number of nitrogens with zero attached hydrogens (tertiary/aromatic N) is 2. The summed E-state index contributed by atoms with van der Waals surface area (Å²) in [5.74, 6) is 0.135. The first-order valence-electron chi connectivity index (χ1n) is 6.85. The van der Waals surface area contributed by atoms with Crippen LogP contribution in [0.15, 0.2) is 23.1 Å². The Morgan fingerprint density at radius 3 is 2.61 bits per heavy atom. The Labute approximate surface area is 141 Å². The fourth-order valence-corrected chi connectivity index (χ4v) is 4.46. The molecule has 0 saturated carbocycles. The highest BCUT2D eigenvalue weighted by Gasteiger charge is 2.38. The van der Waals surface area contributed by atoms with E-state index >= 15 is 0 Å². The highest BCUT2D eigenvalue weighted by Crippen LogP contribution is 2.33. The van der Waals surface area contributed by atoms with Crippen LogP contribution < -0.4 is 10.5 Å². The molecule has 2 atom stereocenters. The molecule has 1 aliphatic rings. The first kappa shape index (κ1) is 19.6. The first-order valence-corrected chi connectivity index (χ1v) is 8.29. The Hall–Kier alpha value is -1.42. The number of nitrogens with two attached hydrogens (primary N) is 1. The predicted molar refractivity (Wildman–Crippen MR) is 87.4 cm³/mol. The number of nitro benzene ring substituents is 1. The molecule has 2 N–H and O–H groups in total. The molecule has 0 spiro atoms. The molecule has 0 amide bonds. The smallest absolute Gasteiger partial charge is 0.312 e. The normalized spacial score (nSPS) is 21.7. The molecular formula is C13H20ClN3O5S. The van der Waals surface area contributed by atoms with E-state index in [4.69, 9.17) is 10.5 Å². The number of nitro groups is 1. The Balaban J connectivity index is 0.00000264. The summed E-state index contributed by atoms with van der Waals surface area (Å²) in [4.78, 5) is 10.3. The van der Waals surface area contributed by atoms with E-state index in [9.17, 15) is 18.5 Å². The maximum absolute atomic E-state index is 12.7. The lowest BCUT2D eigenvalue weighted by Gasteiger charge is -2.21. The van der Waals surface area contributed by atoms with Crippen molar-refractivity contribution >= 4 is 28.1 Å². The van der Waals surface area contributed by atoms with Gasteiger partial charge in [0.25, 0.3) is 0 Å². The SMILES string of the molecule is COc1ccc(S(=O)(=O)N2CC(CN)CC2C)cc1[N+](=O)[O-].Cl. The summed E-state index contributed by atoms with van der Waals surface area (Å²) in [6, 6.07) is 3.48. The predicted octanol–water partition coefficient (Wildman–Crippen LogP) is 1.38. The van der Waals surface area contributed by atoms with E-state index < -0.39 is 14.9 Å². The molecule has 2 rings (SSSR count). The van der Waals surface area contributed by atoms with Crippen molar-refractivity contribution in [3.8, 4) is 5.75 Å². The van der Waals surface area contributed by atoms with Crippen molar-refractivity contribution in [3.63, 3.8) is 0 Å². The van der Waals surface area contributed by atoms with Gasteiger partial charge in [-0.3, -0.25) is 10.1 Å². The quantitative estimate of drug-likeness (QED) is 0.622. The van der Waals surface area contributed by atoms with Gasteiger partial charge in [-0.25, -0.2) is 8.42 Å². The summed E-state index contributed by atoms with van der Waals surface area (Å²) in [6.45, 7) is 2.56. The van der Waals surface area contributed by atoms with Crippen molar-refractivity contribution in [2.45, 2.75) is 24.3 Å². The number of methoxy groups -OCH3 is 1. The second-order valence-electron chi connectivity index (χ2n) is 5.35. The van der Waals surface area contributed by atoms with Gasteiger partial charge in [0.15, 0.2) is 5.75 Å². The lowest BCUT2D eigenvalue weighted by Crippen LogP contribution is -2.34. The molecule has 0 aromatic heterocycles. The van der Waals surface area contributed by atoms with E-state index in [1.54, 1.807) is 0 Å². The summed E-state index contributed by atoms with van der Waals surface area (Å²) in [5.41, 5.74) is 5.24. The van der Waals surface area contributed by atoms with Gasteiger partial charge in [-0.05, 0) is 37.9 Å². The third-order valence-corrected chi connectivity index (χ3v) is 5.87. The van der Waals surface area contributed by atoms with Gasteiger partial charge in [0.1, 0.15) is 0 Å². The Bertz CT molecular complexity index is 682. The number of hydrogen-bond acceptors (Lipinski definition) is 6. The fourth-order valence-electron chi connectivity index (χ4n) is 2.72. The molecule has 23 heavy (non-hydrogen) atoms. The molecule has 0 aliphatic carbocycles. The second-order valence-corrected chi connectivity index (χ2v) is 7.24. The lowest BCUT2D eigenvalue weighted by molar-refractivity contribution is -0.386. The summed E-state index contributed by atoms with van der Waals surface area (Å²) >= 11 is 0. The third-order valence-electron chi connectivity index (χ3n) is 3.89. The van der Waals surface area contributed by atoms with Gasteiger partial charge in [-0.15, -0.1) is 12.4 Å². The first-order chi connectivity index (χ1) is 10.3. The molecule has 1 aromatic carbocycles. The number of rotatable bonds is 5. The van der Waals surface area contributed by atoms with Crippen LogP contribution >= 0.6 is 12.4 Å². The average Bonchev–Trinajstić information content (AvgIpc) is 2.88. The molecule has 0 bridgehead atoms. The Kier molecular flexibility index (Phi) is 6.34. The van der Waals surface area contributed by atoms with Crippen molar-refractivity contribution < 1.29 is 18.1 Å². The van der Waals surface area contributed by atoms with Crippen molar-refractivity contribution in [2.75, 3.05) is 20.2 Å². The van der Waals surface area contributed by atoms with E-state index in [1.807, 2.05) is 6.92 Å². The van der Waals surface area contributed by atoms with Gasteiger partial charge in [0.2, 0.25) is 10.0 Å². The highest BCUT2D eigenvalue weighted by atomic mass is 35.5. The second kappa shape index (κ2) is 7.43. The average molecular weight is 366 g/mol. The van der Waals surface area contributed by atoms with E-state index in [1.165, 1.54) is 23.5 Å². The summed E-state index contributed by atoms with van der Waals surface area (Å²) in [5, 5.41) is 11.0. The molecule has 10 heteroatoms. The minimum Gasteiger partial charge on any atom is -0.490 e. The number of hydrogen-bond donors (Lipinski definition) is 1. The molecule has 1 saturated heterocycles. The van der Waals surface area contributed by atoms with Crippen molar-refractivity contribution in [1.82, 2.24) is 4.31 Å². The van der Waals surface area contributed by atoms with Crippen molar-refractivity contribution in [2.24, 2.45) is 11.7 Å². The van der Waals surface area contributed by atoms with Crippen LogP contribution in [0.4, 0.5) is 5.69 Å². The van der Waals surface area contributed by atoms with Crippen LogP contribution in [-0.2, 0) is 10.0 Å². The molecule has 1 aliphatic heterocycles. The van der Waals surface area contributed by atoms with Gasteiger partial charge in [-0.1, -0.05) is 0 Å². The van der Waals surface area contributed by atoms with E-state index in [0.717, 1.165) is 6.07 Å². The largest absolute Gasteiger partial charge is 0.490 e. The van der Waals surface area contributed by atoms with E-state index in [-0.39, 0.29) is 40.7 Å². The van der Waals surface area contributed by atoms with Gasteiger partial charge in [0, 0.05) is 18.7 Å². The summed E-state index contributed by atoms with van der Waals surface area (Å²) in [6.07, 6.45) is 0.688. The van der Waals surface area contributed by atoms with Gasteiger partial charge < -0.3 is 10.5 Å². The standard InChI is InChI=1S/C13H19N3O5S.ClH/c1-9-5-10(7-14)8-15(9)22(19,20)11-3-4-13(21-2)12(6-11)16(17)18;/h3-4,6,9-10H,5,7-8,14H2,1-2H3;1H. The maximum atomic E-state index is 12.7. The minimum atomic E-state index is -3.79. The van der Waals surface area contributed by atoms with E-state index in [0.29, 0.717) is 19.5 Å². The number of benzene rings is 1. The van der Waals surface area contributed by atoms with Gasteiger partial charge >= 0.3 is 5.69 Å². The third kappa shape index (κ3) is 3.74.